The number of amides is 1. The van der Waals surface area contributed by atoms with Crippen LogP contribution in [0.25, 0.3) is 11.0 Å². The first-order valence-corrected chi connectivity index (χ1v) is 10.1. The summed E-state index contributed by atoms with van der Waals surface area (Å²) in [5.41, 5.74) is 0.723. The minimum atomic E-state index is -4.75. The van der Waals surface area contributed by atoms with Gasteiger partial charge in [-0.1, -0.05) is 12.1 Å². The number of carbonyl (C=O) groups is 1. The Kier molecular flexibility index (Phi) is 6.03. The van der Waals surface area contributed by atoms with Crippen LogP contribution in [0.3, 0.4) is 0 Å². The van der Waals surface area contributed by atoms with Crippen molar-refractivity contribution in [3.8, 4) is 11.5 Å². The molecule has 1 amide bonds. The predicted molar refractivity (Wildman–Crippen MR) is 104 cm³/mol. The Balaban J connectivity index is 1.70. The van der Waals surface area contributed by atoms with E-state index in [0.29, 0.717) is 23.9 Å². The molecule has 0 fully saturated rings. The summed E-state index contributed by atoms with van der Waals surface area (Å²) in [6.07, 6.45) is 0.503. The summed E-state index contributed by atoms with van der Waals surface area (Å²) in [4.78, 5) is 41.8. The topological polar surface area (TPSA) is 146 Å². The first-order chi connectivity index (χ1) is 13.7. The fraction of sp³-hybridized carbons (Fsp3) is 0.158. The average Bonchev–Trinajstić information content (AvgIpc) is 2.61. The molecule has 3 aromatic rings. The molecule has 0 aliphatic carbocycles. The highest BCUT2D eigenvalue weighted by atomic mass is 31.2. The van der Waals surface area contributed by atoms with Crippen LogP contribution < -0.4 is 15.5 Å². The monoisotopic (exact) mass is 419 g/mol. The van der Waals surface area contributed by atoms with Gasteiger partial charge in [0.25, 0.3) is 0 Å². The Morgan fingerprint density at radius 3 is 2.52 bits per heavy atom. The normalized spacial score (nSPS) is 11.4. The summed E-state index contributed by atoms with van der Waals surface area (Å²) < 4.78 is 20.5. The number of hydrogen-bond acceptors (Lipinski definition) is 6. The molecule has 0 atom stereocenters. The van der Waals surface area contributed by atoms with Crippen LogP contribution in [0.15, 0.2) is 57.7 Å². The van der Waals surface area contributed by atoms with E-state index in [2.05, 4.69) is 9.84 Å². The van der Waals surface area contributed by atoms with Gasteiger partial charge < -0.3 is 19.4 Å². The van der Waals surface area contributed by atoms with E-state index in [1.165, 1.54) is 24.3 Å². The Morgan fingerprint density at radius 2 is 1.83 bits per heavy atom. The van der Waals surface area contributed by atoms with E-state index in [1.54, 1.807) is 24.3 Å². The van der Waals surface area contributed by atoms with Gasteiger partial charge >= 0.3 is 13.4 Å². The molecule has 2 aromatic carbocycles. The maximum atomic E-state index is 12.3. The summed E-state index contributed by atoms with van der Waals surface area (Å²) in [5, 5.41) is 12.5. The SMILES string of the molecule is O=C(Cc1cc(=O)oc2cc(OP(=O)(O)O)ccc12)NCCc1ccc(O)cc1. The van der Waals surface area contributed by atoms with E-state index in [9.17, 15) is 19.3 Å². The molecule has 10 heteroatoms. The maximum Gasteiger partial charge on any atom is 0.524 e. The number of phenolic OH excluding ortho intramolecular Hbond substituents is 1. The van der Waals surface area contributed by atoms with Crippen molar-refractivity contribution >= 4 is 24.7 Å². The molecule has 29 heavy (non-hydrogen) atoms. The summed E-state index contributed by atoms with van der Waals surface area (Å²) in [6.45, 7) is 0.378. The molecule has 152 valence electrons. The molecule has 0 aliphatic rings. The number of nitrogens with one attached hydrogen (secondary N) is 1. The molecule has 0 spiro atoms. The Bertz CT molecular complexity index is 1130. The van der Waals surface area contributed by atoms with Crippen molar-refractivity contribution in [2.24, 2.45) is 0 Å². The largest absolute Gasteiger partial charge is 0.524 e. The van der Waals surface area contributed by atoms with Crippen molar-refractivity contribution in [1.82, 2.24) is 5.32 Å². The van der Waals surface area contributed by atoms with Crippen molar-refractivity contribution in [3.05, 3.63) is 70.1 Å². The quantitative estimate of drug-likeness (QED) is 0.335. The lowest BCUT2D eigenvalue weighted by Gasteiger charge is -2.10. The summed E-state index contributed by atoms with van der Waals surface area (Å²) in [6, 6.07) is 11.8. The van der Waals surface area contributed by atoms with Crippen molar-refractivity contribution in [2.45, 2.75) is 12.8 Å². The highest BCUT2D eigenvalue weighted by Crippen LogP contribution is 2.38. The highest BCUT2D eigenvalue weighted by molar-refractivity contribution is 7.46. The number of aromatic hydroxyl groups is 1. The molecule has 9 nitrogen and oxygen atoms in total. The number of rotatable bonds is 7. The van der Waals surface area contributed by atoms with Crippen molar-refractivity contribution in [1.29, 1.82) is 0 Å². The molecule has 0 aliphatic heterocycles. The number of fused-ring (bicyclic) bond motifs is 1. The van der Waals surface area contributed by atoms with E-state index in [1.807, 2.05) is 0 Å². The summed E-state index contributed by atoms with van der Waals surface area (Å²) in [7, 11) is -4.75. The van der Waals surface area contributed by atoms with Gasteiger partial charge in [0.05, 0.1) is 6.42 Å². The van der Waals surface area contributed by atoms with Gasteiger partial charge in [0.2, 0.25) is 5.91 Å². The number of phosphoric ester groups is 1. The molecule has 0 unspecified atom stereocenters. The zero-order valence-corrected chi connectivity index (χ0v) is 16.0. The Morgan fingerprint density at radius 1 is 1.10 bits per heavy atom. The first kappa shape index (κ1) is 20.6. The molecule has 1 aromatic heterocycles. The van der Waals surface area contributed by atoms with Gasteiger partial charge in [0.15, 0.2) is 0 Å². The second-order valence-corrected chi connectivity index (χ2v) is 7.44. The standard InChI is InChI=1S/C19H18NO8P/c21-14-3-1-12(2-4-14)7-8-20-18(22)9-13-10-19(23)27-17-11-15(5-6-16(13)17)28-29(24,25)26/h1-6,10-11,21H,7-9H2,(H,20,22)(H2,24,25,26). The van der Waals surface area contributed by atoms with Gasteiger partial charge in [-0.15, -0.1) is 0 Å². The highest BCUT2D eigenvalue weighted by Gasteiger charge is 2.17. The van der Waals surface area contributed by atoms with E-state index >= 15 is 0 Å². The maximum absolute atomic E-state index is 12.3. The number of carbonyl (C=O) groups excluding carboxylic acids is 1. The van der Waals surface area contributed by atoms with Crippen LogP contribution in [-0.2, 0) is 22.2 Å². The molecular formula is C19H18NO8P. The van der Waals surface area contributed by atoms with Gasteiger partial charge in [-0.3, -0.25) is 14.6 Å². The van der Waals surface area contributed by atoms with Crippen molar-refractivity contribution < 1.29 is 33.2 Å². The predicted octanol–water partition coefficient (Wildman–Crippen LogP) is 1.87. The lowest BCUT2D eigenvalue weighted by atomic mass is 10.1. The van der Waals surface area contributed by atoms with E-state index in [-0.39, 0.29) is 29.4 Å². The van der Waals surface area contributed by atoms with Crippen LogP contribution in [-0.4, -0.2) is 27.3 Å². The lowest BCUT2D eigenvalue weighted by molar-refractivity contribution is -0.120. The number of phenols is 1. The number of benzene rings is 2. The summed E-state index contributed by atoms with van der Waals surface area (Å²) >= 11 is 0. The van der Waals surface area contributed by atoms with Crippen LogP contribution in [0.5, 0.6) is 11.5 Å². The van der Waals surface area contributed by atoms with E-state index in [4.69, 9.17) is 14.2 Å². The molecule has 0 saturated heterocycles. The van der Waals surface area contributed by atoms with E-state index in [0.717, 1.165) is 5.56 Å². The molecule has 0 bridgehead atoms. The van der Waals surface area contributed by atoms with Gasteiger partial charge in [-0.2, -0.15) is 0 Å². The van der Waals surface area contributed by atoms with Crippen molar-refractivity contribution in [3.63, 3.8) is 0 Å². The molecule has 0 radical (unpaired) electrons. The third-order valence-electron chi connectivity index (χ3n) is 4.05. The second-order valence-electron chi connectivity index (χ2n) is 6.27. The zero-order valence-electron chi connectivity index (χ0n) is 15.1. The van der Waals surface area contributed by atoms with Crippen LogP contribution in [0.2, 0.25) is 0 Å². The molecule has 4 N–H and O–H groups in total. The Labute approximate surface area is 164 Å². The smallest absolute Gasteiger partial charge is 0.508 e. The third-order valence-corrected chi connectivity index (χ3v) is 4.50. The van der Waals surface area contributed by atoms with Crippen LogP contribution in [0.4, 0.5) is 0 Å². The molecule has 0 saturated carbocycles. The molecule has 1 heterocycles. The minimum Gasteiger partial charge on any atom is -0.508 e. The average molecular weight is 419 g/mol. The first-order valence-electron chi connectivity index (χ1n) is 8.56. The molecular weight excluding hydrogens is 401 g/mol. The second kappa shape index (κ2) is 8.48. The fourth-order valence-corrected chi connectivity index (χ4v) is 3.18. The Hall–Kier alpha value is -3.13. The van der Waals surface area contributed by atoms with Gasteiger partial charge in [0.1, 0.15) is 17.1 Å². The number of hydrogen-bond donors (Lipinski definition) is 4. The van der Waals surface area contributed by atoms with Gasteiger partial charge in [0, 0.05) is 24.1 Å². The van der Waals surface area contributed by atoms with Crippen LogP contribution in [0, 0.1) is 0 Å². The molecule has 3 rings (SSSR count). The zero-order chi connectivity index (χ0) is 21.0. The van der Waals surface area contributed by atoms with Gasteiger partial charge in [-0.25, -0.2) is 9.36 Å². The van der Waals surface area contributed by atoms with E-state index < -0.39 is 13.4 Å². The van der Waals surface area contributed by atoms with Crippen molar-refractivity contribution in [2.75, 3.05) is 6.54 Å². The van der Waals surface area contributed by atoms with Crippen LogP contribution >= 0.6 is 7.82 Å². The number of phosphoric acid groups is 1. The van der Waals surface area contributed by atoms with Gasteiger partial charge in [-0.05, 0) is 41.8 Å². The summed E-state index contributed by atoms with van der Waals surface area (Å²) in [5.74, 6) is -0.294. The minimum absolute atomic E-state index is 0.0512. The van der Waals surface area contributed by atoms with Crippen LogP contribution in [0.1, 0.15) is 11.1 Å². The third kappa shape index (κ3) is 5.92. The fourth-order valence-electron chi connectivity index (χ4n) is 2.79. The lowest BCUT2D eigenvalue weighted by Crippen LogP contribution is -2.27.